The van der Waals surface area contributed by atoms with Gasteiger partial charge in [-0.25, -0.2) is 0 Å². The average Bonchev–Trinajstić information content (AvgIpc) is 2.40. The summed E-state index contributed by atoms with van der Waals surface area (Å²) in [6, 6.07) is 6.43. The van der Waals surface area contributed by atoms with Crippen molar-refractivity contribution in [1.29, 1.82) is 0 Å². The molecule has 1 N–H and O–H groups in total. The molecular weight excluding hydrogens is 310 g/mol. The molecule has 1 aromatic rings. The van der Waals surface area contributed by atoms with E-state index in [9.17, 15) is 0 Å². The van der Waals surface area contributed by atoms with Gasteiger partial charge in [0.15, 0.2) is 0 Å². The van der Waals surface area contributed by atoms with Crippen LogP contribution in [-0.2, 0) is 0 Å². The van der Waals surface area contributed by atoms with Gasteiger partial charge in [-0.05, 0) is 77.4 Å². The zero-order valence-electron chi connectivity index (χ0n) is 13.3. The van der Waals surface area contributed by atoms with E-state index >= 15 is 0 Å². The van der Waals surface area contributed by atoms with Crippen LogP contribution in [0.4, 0.5) is 5.69 Å². The molecule has 0 heterocycles. The van der Waals surface area contributed by atoms with Gasteiger partial charge in [0.2, 0.25) is 0 Å². The lowest BCUT2D eigenvalue weighted by Gasteiger charge is -2.37. The van der Waals surface area contributed by atoms with E-state index in [1.54, 1.807) is 0 Å². The maximum Gasteiger partial charge on any atom is 0.0487 e. The molecule has 1 saturated carbocycles. The van der Waals surface area contributed by atoms with Gasteiger partial charge in [-0.1, -0.05) is 32.9 Å². The summed E-state index contributed by atoms with van der Waals surface area (Å²) in [5.74, 6) is 1.74. The van der Waals surface area contributed by atoms with Crippen molar-refractivity contribution in [3.8, 4) is 0 Å². The second kappa shape index (κ2) is 6.51. The topological polar surface area (TPSA) is 12.0 Å². The minimum atomic E-state index is 0.484. The number of hydrogen-bond acceptors (Lipinski definition) is 1. The first-order chi connectivity index (χ1) is 9.38. The molecule has 1 fully saturated rings. The molecule has 0 aromatic heterocycles. The van der Waals surface area contributed by atoms with Gasteiger partial charge in [0.05, 0.1) is 0 Å². The molecule has 1 aliphatic carbocycles. The van der Waals surface area contributed by atoms with Gasteiger partial charge in [-0.2, -0.15) is 0 Å². The zero-order valence-corrected chi connectivity index (χ0v) is 14.9. The number of anilines is 1. The van der Waals surface area contributed by atoms with Gasteiger partial charge < -0.3 is 5.32 Å². The van der Waals surface area contributed by atoms with E-state index < -0.39 is 0 Å². The van der Waals surface area contributed by atoms with Gasteiger partial charge in [-0.15, -0.1) is 0 Å². The van der Waals surface area contributed by atoms with Crippen molar-refractivity contribution in [3.05, 3.63) is 28.2 Å². The Labute approximate surface area is 132 Å². The van der Waals surface area contributed by atoms with Crippen LogP contribution >= 0.6 is 15.9 Å². The summed E-state index contributed by atoms with van der Waals surface area (Å²) in [6.07, 6.45) is 5.53. The van der Waals surface area contributed by atoms with Crippen molar-refractivity contribution in [2.24, 2.45) is 17.3 Å². The highest BCUT2D eigenvalue weighted by Crippen LogP contribution is 2.40. The van der Waals surface area contributed by atoms with E-state index in [-0.39, 0.29) is 0 Å². The third kappa shape index (κ3) is 4.00. The van der Waals surface area contributed by atoms with E-state index in [2.05, 4.69) is 67.1 Å². The largest absolute Gasteiger partial charge is 0.384 e. The highest BCUT2D eigenvalue weighted by atomic mass is 79.9. The highest BCUT2D eigenvalue weighted by molar-refractivity contribution is 9.10. The molecule has 112 valence electrons. The van der Waals surface area contributed by atoms with Crippen molar-refractivity contribution in [2.45, 2.75) is 53.4 Å². The summed E-state index contributed by atoms with van der Waals surface area (Å²) in [7, 11) is 0. The Morgan fingerprint density at radius 2 is 1.80 bits per heavy atom. The fourth-order valence-corrected chi connectivity index (χ4v) is 3.68. The first-order valence-electron chi connectivity index (χ1n) is 7.87. The fourth-order valence-electron chi connectivity index (χ4n) is 3.27. The van der Waals surface area contributed by atoms with Crippen molar-refractivity contribution in [1.82, 2.24) is 0 Å². The number of benzene rings is 1. The number of rotatable bonds is 3. The van der Waals surface area contributed by atoms with E-state index in [0.717, 1.165) is 18.4 Å². The van der Waals surface area contributed by atoms with Gasteiger partial charge >= 0.3 is 0 Å². The molecule has 0 unspecified atom stereocenters. The third-order valence-corrected chi connectivity index (χ3v) is 5.90. The molecule has 0 radical (unpaired) electrons. The summed E-state index contributed by atoms with van der Waals surface area (Å²) in [6.45, 7) is 10.4. The molecule has 0 bridgehead atoms. The Hall–Kier alpha value is -0.500. The van der Waals surface area contributed by atoms with Crippen LogP contribution < -0.4 is 5.32 Å². The lowest BCUT2D eigenvalue weighted by atomic mass is 9.70. The summed E-state index contributed by atoms with van der Waals surface area (Å²) >= 11 is 3.68. The molecule has 0 saturated heterocycles. The Balaban J connectivity index is 1.83. The molecule has 2 rings (SSSR count). The molecular formula is C18H28BrN. The predicted octanol–water partition coefficient (Wildman–Crippen LogP) is 6.02. The maximum absolute atomic E-state index is 3.68. The van der Waals surface area contributed by atoms with Gasteiger partial charge in [0, 0.05) is 16.7 Å². The first kappa shape index (κ1) is 15.9. The number of halogens is 1. The standard InChI is InChI=1S/C18H28BrN/c1-13-6-5-7-16(17(13)19)20-12-14-8-10-15(11-9-14)18(2,3)4/h5-7,14-15,20H,8-12H2,1-4H3. The molecule has 20 heavy (non-hydrogen) atoms. The fraction of sp³-hybridized carbons (Fsp3) is 0.667. The van der Waals surface area contributed by atoms with Gasteiger partial charge in [0.25, 0.3) is 0 Å². The molecule has 0 spiro atoms. The first-order valence-corrected chi connectivity index (χ1v) is 8.66. The molecule has 0 aliphatic heterocycles. The highest BCUT2D eigenvalue weighted by Gasteiger charge is 2.29. The maximum atomic E-state index is 3.68. The quantitative estimate of drug-likeness (QED) is 0.710. The normalized spacial score (nSPS) is 23.6. The Morgan fingerprint density at radius 3 is 2.40 bits per heavy atom. The van der Waals surface area contributed by atoms with Crippen LogP contribution in [0.3, 0.4) is 0 Å². The lowest BCUT2D eigenvalue weighted by Crippen LogP contribution is -2.28. The molecule has 1 nitrogen and oxygen atoms in total. The van der Waals surface area contributed by atoms with Crippen LogP contribution in [0.25, 0.3) is 0 Å². The monoisotopic (exact) mass is 337 g/mol. The molecule has 0 amide bonds. The third-order valence-electron chi connectivity index (χ3n) is 4.84. The Bertz CT molecular complexity index is 439. The molecule has 1 aromatic carbocycles. The smallest absolute Gasteiger partial charge is 0.0487 e. The molecule has 0 atom stereocenters. The summed E-state index contributed by atoms with van der Waals surface area (Å²) in [5.41, 5.74) is 3.02. The Kier molecular flexibility index (Phi) is 5.17. The number of hydrogen-bond donors (Lipinski definition) is 1. The van der Waals surface area contributed by atoms with E-state index in [1.165, 1.54) is 41.4 Å². The van der Waals surface area contributed by atoms with E-state index in [1.807, 2.05) is 0 Å². The second-order valence-electron chi connectivity index (χ2n) is 7.40. The number of nitrogens with one attached hydrogen (secondary N) is 1. The van der Waals surface area contributed by atoms with Gasteiger partial charge in [-0.3, -0.25) is 0 Å². The predicted molar refractivity (Wildman–Crippen MR) is 92.3 cm³/mol. The van der Waals surface area contributed by atoms with Crippen LogP contribution in [0.1, 0.15) is 52.0 Å². The van der Waals surface area contributed by atoms with Crippen LogP contribution in [-0.4, -0.2) is 6.54 Å². The lowest BCUT2D eigenvalue weighted by molar-refractivity contribution is 0.153. The Morgan fingerprint density at radius 1 is 1.15 bits per heavy atom. The minimum absolute atomic E-state index is 0.484. The van der Waals surface area contributed by atoms with Crippen LogP contribution in [0.5, 0.6) is 0 Å². The van der Waals surface area contributed by atoms with Crippen molar-refractivity contribution < 1.29 is 0 Å². The summed E-state index contributed by atoms with van der Waals surface area (Å²) in [4.78, 5) is 0. The minimum Gasteiger partial charge on any atom is -0.384 e. The van der Waals surface area contributed by atoms with Crippen LogP contribution in [0.15, 0.2) is 22.7 Å². The SMILES string of the molecule is Cc1cccc(NCC2CCC(C(C)(C)C)CC2)c1Br. The molecule has 1 aliphatic rings. The van der Waals surface area contributed by atoms with Crippen molar-refractivity contribution >= 4 is 21.6 Å². The summed E-state index contributed by atoms with van der Waals surface area (Å²) < 4.78 is 1.21. The second-order valence-corrected chi connectivity index (χ2v) is 8.19. The number of aryl methyl sites for hydroxylation is 1. The van der Waals surface area contributed by atoms with Crippen LogP contribution in [0, 0.1) is 24.2 Å². The molecule has 2 heteroatoms. The van der Waals surface area contributed by atoms with Crippen molar-refractivity contribution in [2.75, 3.05) is 11.9 Å². The average molecular weight is 338 g/mol. The zero-order chi connectivity index (χ0) is 14.8. The van der Waals surface area contributed by atoms with E-state index in [0.29, 0.717) is 5.41 Å². The van der Waals surface area contributed by atoms with Crippen molar-refractivity contribution in [3.63, 3.8) is 0 Å². The summed E-state index contributed by atoms with van der Waals surface area (Å²) in [5, 5.41) is 3.63. The van der Waals surface area contributed by atoms with E-state index in [4.69, 9.17) is 0 Å². The van der Waals surface area contributed by atoms with Crippen LogP contribution in [0.2, 0.25) is 0 Å². The van der Waals surface area contributed by atoms with Gasteiger partial charge in [0.1, 0.15) is 0 Å².